The van der Waals surface area contributed by atoms with Gasteiger partial charge in [-0.15, -0.1) is 0 Å². The first-order valence-electron chi connectivity index (χ1n) is 6.42. The Morgan fingerprint density at radius 2 is 2.06 bits per heavy atom. The van der Waals surface area contributed by atoms with Crippen LogP contribution in [0.3, 0.4) is 0 Å². The van der Waals surface area contributed by atoms with Crippen molar-refractivity contribution in [2.45, 2.75) is 39.2 Å². The van der Waals surface area contributed by atoms with Gasteiger partial charge in [0, 0.05) is 0 Å². The van der Waals surface area contributed by atoms with E-state index in [-0.39, 0.29) is 0 Å². The van der Waals surface area contributed by atoms with Crippen molar-refractivity contribution < 1.29 is 5.11 Å². The fourth-order valence-electron chi connectivity index (χ4n) is 2.02. The maximum Gasteiger partial charge on any atom is 0.0880 e. The molecule has 2 nitrogen and oxygen atoms in total. The van der Waals surface area contributed by atoms with Crippen molar-refractivity contribution >= 4 is 0 Å². The third kappa shape index (κ3) is 4.49. The summed E-state index contributed by atoms with van der Waals surface area (Å²) in [6, 6.07) is 8.33. The van der Waals surface area contributed by atoms with Gasteiger partial charge >= 0.3 is 0 Å². The van der Waals surface area contributed by atoms with E-state index in [9.17, 15) is 5.11 Å². The van der Waals surface area contributed by atoms with Gasteiger partial charge in [0.15, 0.2) is 0 Å². The smallest absolute Gasteiger partial charge is 0.0880 e. The lowest BCUT2D eigenvalue weighted by atomic mass is 9.90. The molecule has 0 aromatic heterocycles. The molecule has 1 aromatic rings. The number of nitrogens with one attached hydrogen (secondary N) is 1. The molecule has 0 heterocycles. The van der Waals surface area contributed by atoms with Crippen LogP contribution >= 0.6 is 0 Å². The van der Waals surface area contributed by atoms with Crippen molar-refractivity contribution in [3.8, 4) is 0 Å². The molecule has 1 aromatic carbocycles. The van der Waals surface area contributed by atoms with E-state index in [1.54, 1.807) is 0 Å². The molecule has 0 amide bonds. The topological polar surface area (TPSA) is 32.3 Å². The summed E-state index contributed by atoms with van der Waals surface area (Å²) < 4.78 is 0. The molecule has 0 aliphatic carbocycles. The van der Waals surface area contributed by atoms with Gasteiger partial charge in [0.1, 0.15) is 0 Å². The fourth-order valence-corrected chi connectivity index (χ4v) is 2.02. The van der Waals surface area contributed by atoms with E-state index < -0.39 is 5.60 Å². The summed E-state index contributed by atoms with van der Waals surface area (Å²) in [7, 11) is 1.91. The maximum atomic E-state index is 10.4. The Kier molecular flexibility index (Phi) is 5.16. The predicted molar refractivity (Wildman–Crippen MR) is 73.1 cm³/mol. The van der Waals surface area contributed by atoms with Crippen molar-refractivity contribution in [2.75, 3.05) is 13.6 Å². The van der Waals surface area contributed by atoms with Crippen LogP contribution in [0.1, 0.15) is 38.3 Å². The Bertz CT molecular complexity index is 345. The van der Waals surface area contributed by atoms with Crippen molar-refractivity contribution in [3.05, 3.63) is 35.4 Å². The Balaban J connectivity index is 2.82. The van der Waals surface area contributed by atoms with E-state index >= 15 is 0 Å². The highest BCUT2D eigenvalue weighted by Crippen LogP contribution is 2.25. The molecule has 0 fully saturated rings. The minimum absolute atomic E-state index is 0.646. The zero-order chi connectivity index (χ0) is 12.9. The second-order valence-corrected chi connectivity index (χ2v) is 5.43. The van der Waals surface area contributed by atoms with Crippen LogP contribution in [0.4, 0.5) is 0 Å². The molecule has 96 valence electrons. The van der Waals surface area contributed by atoms with Gasteiger partial charge in [0.2, 0.25) is 0 Å². The minimum Gasteiger partial charge on any atom is -0.385 e. The molecule has 1 rings (SSSR count). The Morgan fingerprint density at radius 1 is 1.35 bits per heavy atom. The number of hydrogen-bond donors (Lipinski definition) is 2. The van der Waals surface area contributed by atoms with Gasteiger partial charge < -0.3 is 10.4 Å². The summed E-state index contributed by atoms with van der Waals surface area (Å²) in [4.78, 5) is 0. The standard InChI is InChI=1S/C15H25NO/c1-12(2)10-13-6-5-7-14(11-13)15(3,17)8-9-16-4/h5-7,11-12,16-17H,8-10H2,1-4H3. The summed E-state index contributed by atoms with van der Waals surface area (Å²) in [5.41, 5.74) is 1.59. The van der Waals surface area contributed by atoms with Crippen LogP contribution < -0.4 is 5.32 Å². The zero-order valence-corrected chi connectivity index (χ0v) is 11.5. The van der Waals surface area contributed by atoms with E-state index in [1.807, 2.05) is 26.1 Å². The summed E-state index contributed by atoms with van der Waals surface area (Å²) in [6.45, 7) is 7.14. The molecular weight excluding hydrogens is 210 g/mol. The highest BCUT2D eigenvalue weighted by atomic mass is 16.3. The van der Waals surface area contributed by atoms with E-state index in [0.717, 1.165) is 24.9 Å². The molecule has 0 bridgehead atoms. The first-order valence-corrected chi connectivity index (χ1v) is 6.42. The third-order valence-electron chi connectivity index (χ3n) is 3.05. The molecule has 2 N–H and O–H groups in total. The lowest BCUT2D eigenvalue weighted by molar-refractivity contribution is 0.0484. The lowest BCUT2D eigenvalue weighted by Crippen LogP contribution is -2.26. The molecule has 17 heavy (non-hydrogen) atoms. The van der Waals surface area contributed by atoms with Gasteiger partial charge in [0.25, 0.3) is 0 Å². The molecule has 1 atom stereocenters. The van der Waals surface area contributed by atoms with Gasteiger partial charge in [-0.25, -0.2) is 0 Å². The highest BCUT2D eigenvalue weighted by Gasteiger charge is 2.22. The van der Waals surface area contributed by atoms with Crippen molar-refractivity contribution in [1.82, 2.24) is 5.32 Å². The van der Waals surface area contributed by atoms with Crippen LogP contribution in [-0.4, -0.2) is 18.7 Å². The molecule has 0 spiro atoms. The monoisotopic (exact) mass is 235 g/mol. The van der Waals surface area contributed by atoms with Crippen LogP contribution in [0.2, 0.25) is 0 Å². The molecular formula is C15H25NO. The molecule has 0 saturated heterocycles. The molecule has 0 aliphatic heterocycles. The maximum absolute atomic E-state index is 10.4. The molecule has 0 saturated carbocycles. The highest BCUT2D eigenvalue weighted by molar-refractivity contribution is 5.28. The van der Waals surface area contributed by atoms with Crippen LogP contribution in [0.5, 0.6) is 0 Å². The van der Waals surface area contributed by atoms with E-state index in [4.69, 9.17) is 0 Å². The first-order chi connectivity index (χ1) is 7.95. The van der Waals surface area contributed by atoms with Crippen LogP contribution in [0.15, 0.2) is 24.3 Å². The average molecular weight is 235 g/mol. The van der Waals surface area contributed by atoms with E-state index in [1.165, 1.54) is 5.56 Å². The normalized spacial score (nSPS) is 14.9. The molecule has 1 unspecified atom stereocenters. The van der Waals surface area contributed by atoms with Crippen LogP contribution in [0.25, 0.3) is 0 Å². The van der Waals surface area contributed by atoms with Gasteiger partial charge in [-0.2, -0.15) is 0 Å². The van der Waals surface area contributed by atoms with Gasteiger partial charge in [-0.3, -0.25) is 0 Å². The zero-order valence-electron chi connectivity index (χ0n) is 11.5. The number of rotatable bonds is 6. The minimum atomic E-state index is -0.740. The van der Waals surface area contributed by atoms with Crippen LogP contribution in [-0.2, 0) is 12.0 Å². The SMILES string of the molecule is CNCCC(C)(O)c1cccc(CC(C)C)c1. The fraction of sp³-hybridized carbons (Fsp3) is 0.600. The first kappa shape index (κ1) is 14.2. The number of aliphatic hydroxyl groups is 1. The predicted octanol–water partition coefficient (Wildman–Crippen LogP) is 2.70. The summed E-state index contributed by atoms with van der Waals surface area (Å²) in [5, 5.41) is 13.5. The summed E-state index contributed by atoms with van der Waals surface area (Å²) in [6.07, 6.45) is 1.80. The Labute approximate surface area is 105 Å². The lowest BCUT2D eigenvalue weighted by Gasteiger charge is -2.24. The van der Waals surface area contributed by atoms with Gasteiger partial charge in [-0.05, 0) is 50.4 Å². The van der Waals surface area contributed by atoms with Crippen molar-refractivity contribution in [3.63, 3.8) is 0 Å². The molecule has 0 aliphatic rings. The molecule has 2 heteroatoms. The summed E-state index contributed by atoms with van der Waals surface area (Å²) in [5.74, 6) is 0.646. The van der Waals surface area contributed by atoms with E-state index in [2.05, 4.69) is 31.3 Å². The quantitative estimate of drug-likeness (QED) is 0.794. The van der Waals surface area contributed by atoms with Crippen LogP contribution in [0, 0.1) is 5.92 Å². The Hall–Kier alpha value is -0.860. The average Bonchev–Trinajstić information content (AvgIpc) is 2.26. The second-order valence-electron chi connectivity index (χ2n) is 5.43. The largest absolute Gasteiger partial charge is 0.385 e. The van der Waals surface area contributed by atoms with Crippen molar-refractivity contribution in [1.29, 1.82) is 0 Å². The van der Waals surface area contributed by atoms with Gasteiger partial charge in [-0.1, -0.05) is 38.1 Å². The van der Waals surface area contributed by atoms with E-state index in [0.29, 0.717) is 5.92 Å². The summed E-state index contributed by atoms with van der Waals surface area (Å²) >= 11 is 0. The molecule has 0 radical (unpaired) electrons. The number of hydrogen-bond acceptors (Lipinski definition) is 2. The van der Waals surface area contributed by atoms with Gasteiger partial charge in [0.05, 0.1) is 5.60 Å². The van der Waals surface area contributed by atoms with Crippen molar-refractivity contribution in [2.24, 2.45) is 5.92 Å². The third-order valence-corrected chi connectivity index (χ3v) is 3.05. The number of benzene rings is 1. The Morgan fingerprint density at radius 3 is 2.65 bits per heavy atom. The second kappa shape index (κ2) is 6.18.